The van der Waals surface area contributed by atoms with Crippen molar-refractivity contribution in [3.63, 3.8) is 0 Å². The number of likely N-dealkylation sites (tertiary alicyclic amines) is 1. The summed E-state index contributed by atoms with van der Waals surface area (Å²) in [5.74, 6) is 1.31. The van der Waals surface area contributed by atoms with E-state index in [4.69, 9.17) is 9.72 Å². The van der Waals surface area contributed by atoms with Crippen LogP contribution in [0.15, 0.2) is 36.9 Å². The van der Waals surface area contributed by atoms with Gasteiger partial charge in [0.1, 0.15) is 11.3 Å². The first kappa shape index (κ1) is 20.0. The van der Waals surface area contributed by atoms with E-state index in [1.54, 1.807) is 13.3 Å². The fourth-order valence-electron chi connectivity index (χ4n) is 5.31. The van der Waals surface area contributed by atoms with E-state index in [1.165, 1.54) is 0 Å². The lowest BCUT2D eigenvalue weighted by molar-refractivity contribution is -0.145. The summed E-state index contributed by atoms with van der Waals surface area (Å²) in [4.78, 5) is 31.8. The summed E-state index contributed by atoms with van der Waals surface area (Å²) in [6.45, 7) is 3.86. The molecule has 0 atom stereocenters. The van der Waals surface area contributed by atoms with E-state index in [9.17, 15) is 4.79 Å². The number of hydrogen-bond acceptors (Lipinski definition) is 6. The summed E-state index contributed by atoms with van der Waals surface area (Å²) < 4.78 is 7.63. The summed E-state index contributed by atoms with van der Waals surface area (Å²) in [6.07, 6.45) is 11.5. The number of pyridine rings is 1. The molecule has 170 valence electrons. The standard InChI is InChI=1S/C24H27N7O2/c1-24(22(32)30-8-3-4-9-30)11-16(12-24)27-23-28-20-19(21(29-23)33-2)17(13-26-20)15-5-6-18-25-7-10-31(18)14-15/h5-7,10,13-14,16H,3-4,8-9,11-12H2,1-2H3,(H2,26,27,28,29)/t16-,24+. The molecule has 1 saturated carbocycles. The van der Waals surface area contributed by atoms with Crippen LogP contribution in [0.25, 0.3) is 27.8 Å². The number of rotatable bonds is 5. The molecule has 9 nitrogen and oxygen atoms in total. The zero-order chi connectivity index (χ0) is 22.6. The van der Waals surface area contributed by atoms with E-state index in [0.717, 1.165) is 60.9 Å². The number of carbonyl (C=O) groups excluding carboxylic acids is 1. The minimum Gasteiger partial charge on any atom is -0.480 e. The second kappa shape index (κ2) is 7.47. The zero-order valence-electron chi connectivity index (χ0n) is 18.8. The molecular formula is C24H27N7O2. The first-order valence-corrected chi connectivity index (χ1v) is 11.5. The number of H-pyrrole nitrogens is 1. The van der Waals surface area contributed by atoms with Gasteiger partial charge in [0.25, 0.3) is 0 Å². The molecule has 2 aliphatic rings. The first-order valence-electron chi connectivity index (χ1n) is 11.5. The number of nitrogens with zero attached hydrogens (tertiary/aromatic N) is 5. The summed E-state index contributed by atoms with van der Waals surface area (Å²) in [5, 5.41) is 4.25. The van der Waals surface area contributed by atoms with Crippen molar-refractivity contribution < 1.29 is 9.53 Å². The lowest BCUT2D eigenvalue weighted by Crippen LogP contribution is -2.53. The number of fused-ring (bicyclic) bond motifs is 2. The van der Waals surface area contributed by atoms with Crippen molar-refractivity contribution in [1.29, 1.82) is 0 Å². The van der Waals surface area contributed by atoms with E-state index in [1.807, 2.05) is 40.0 Å². The number of ether oxygens (including phenoxy) is 1. The minimum atomic E-state index is -0.290. The fraction of sp³-hybridized carbons (Fsp3) is 0.417. The van der Waals surface area contributed by atoms with Crippen molar-refractivity contribution in [2.75, 3.05) is 25.5 Å². The number of imidazole rings is 1. The Bertz CT molecular complexity index is 1350. The highest BCUT2D eigenvalue weighted by Crippen LogP contribution is 2.44. The van der Waals surface area contributed by atoms with Gasteiger partial charge in [0, 0.05) is 55.0 Å². The summed E-state index contributed by atoms with van der Waals surface area (Å²) in [6, 6.07) is 4.18. The van der Waals surface area contributed by atoms with Gasteiger partial charge in [0.15, 0.2) is 0 Å². The number of carbonyl (C=O) groups is 1. The number of aromatic nitrogens is 5. The Labute approximate surface area is 191 Å². The second-order valence-electron chi connectivity index (χ2n) is 9.40. The Morgan fingerprint density at radius 3 is 2.85 bits per heavy atom. The summed E-state index contributed by atoms with van der Waals surface area (Å²) >= 11 is 0. The van der Waals surface area contributed by atoms with Gasteiger partial charge < -0.3 is 24.3 Å². The predicted molar refractivity (Wildman–Crippen MR) is 125 cm³/mol. The van der Waals surface area contributed by atoms with Gasteiger partial charge in [-0.25, -0.2) is 4.98 Å². The van der Waals surface area contributed by atoms with Crippen LogP contribution in [0.3, 0.4) is 0 Å². The molecule has 5 heterocycles. The molecule has 0 unspecified atom stereocenters. The normalized spacial score (nSPS) is 22.6. The van der Waals surface area contributed by atoms with Gasteiger partial charge in [0.05, 0.1) is 17.9 Å². The third-order valence-corrected chi connectivity index (χ3v) is 7.03. The minimum absolute atomic E-state index is 0.168. The fourth-order valence-corrected chi connectivity index (χ4v) is 5.31. The van der Waals surface area contributed by atoms with Gasteiger partial charge in [-0.15, -0.1) is 0 Å². The zero-order valence-corrected chi connectivity index (χ0v) is 18.8. The highest BCUT2D eigenvalue weighted by Gasteiger charge is 2.48. The first-order chi connectivity index (χ1) is 16.0. The Kier molecular flexibility index (Phi) is 4.53. The van der Waals surface area contributed by atoms with Crippen LogP contribution in [0.4, 0.5) is 5.95 Å². The molecule has 0 aromatic carbocycles. The average Bonchev–Trinajstić information content (AvgIpc) is 3.56. The maximum atomic E-state index is 12.9. The van der Waals surface area contributed by atoms with Gasteiger partial charge in [-0.3, -0.25) is 4.79 Å². The van der Waals surface area contributed by atoms with Gasteiger partial charge in [-0.05, 0) is 37.8 Å². The smallest absolute Gasteiger partial charge is 0.228 e. The predicted octanol–water partition coefficient (Wildman–Crippen LogP) is 3.48. The van der Waals surface area contributed by atoms with Crippen LogP contribution in [0.2, 0.25) is 0 Å². The molecule has 4 aromatic rings. The van der Waals surface area contributed by atoms with Crippen LogP contribution < -0.4 is 10.1 Å². The molecule has 0 bridgehead atoms. The van der Waals surface area contributed by atoms with Crippen LogP contribution in [-0.4, -0.2) is 61.4 Å². The lowest BCUT2D eigenvalue weighted by atomic mass is 9.66. The summed E-state index contributed by atoms with van der Waals surface area (Å²) in [5.41, 5.74) is 3.30. The Balaban J connectivity index is 1.24. The highest BCUT2D eigenvalue weighted by atomic mass is 16.5. The van der Waals surface area contributed by atoms with Gasteiger partial charge >= 0.3 is 0 Å². The molecule has 1 saturated heterocycles. The summed E-state index contributed by atoms with van der Waals surface area (Å²) in [7, 11) is 1.62. The van der Waals surface area contributed by atoms with Crippen molar-refractivity contribution in [2.45, 2.75) is 38.6 Å². The van der Waals surface area contributed by atoms with Crippen molar-refractivity contribution >= 4 is 28.5 Å². The molecule has 9 heteroatoms. The van der Waals surface area contributed by atoms with E-state index in [2.05, 4.69) is 27.2 Å². The van der Waals surface area contributed by atoms with Gasteiger partial charge in [-0.1, -0.05) is 6.92 Å². The van der Waals surface area contributed by atoms with E-state index >= 15 is 0 Å². The molecule has 2 fully saturated rings. The maximum absolute atomic E-state index is 12.9. The number of nitrogens with one attached hydrogen (secondary N) is 2. The quantitative estimate of drug-likeness (QED) is 0.488. The second-order valence-corrected chi connectivity index (χ2v) is 9.40. The number of amides is 1. The Morgan fingerprint density at radius 2 is 2.06 bits per heavy atom. The van der Waals surface area contributed by atoms with Crippen LogP contribution in [-0.2, 0) is 4.79 Å². The van der Waals surface area contributed by atoms with Gasteiger partial charge in [0.2, 0.25) is 17.7 Å². The van der Waals surface area contributed by atoms with Crippen molar-refractivity contribution in [1.82, 2.24) is 29.2 Å². The lowest BCUT2D eigenvalue weighted by Gasteiger charge is -2.45. The number of anilines is 1. The monoisotopic (exact) mass is 445 g/mol. The van der Waals surface area contributed by atoms with Crippen LogP contribution in [0.5, 0.6) is 5.88 Å². The molecule has 33 heavy (non-hydrogen) atoms. The molecule has 1 amide bonds. The third-order valence-electron chi connectivity index (χ3n) is 7.03. The molecule has 0 spiro atoms. The largest absolute Gasteiger partial charge is 0.480 e. The average molecular weight is 446 g/mol. The molecule has 0 radical (unpaired) electrons. The SMILES string of the molecule is COc1nc(N[C@H]2C[C@@](C)(C(=O)N3CCCC3)C2)nc2[nH]cc(-c3ccc4nccn4c3)c12. The third kappa shape index (κ3) is 3.30. The van der Waals surface area contributed by atoms with Crippen LogP contribution in [0.1, 0.15) is 32.6 Å². The molecule has 1 aliphatic carbocycles. The van der Waals surface area contributed by atoms with E-state index in [0.29, 0.717) is 17.5 Å². The molecule has 1 aliphatic heterocycles. The number of methoxy groups -OCH3 is 1. The van der Waals surface area contributed by atoms with Gasteiger partial charge in [-0.2, -0.15) is 9.97 Å². The van der Waals surface area contributed by atoms with E-state index < -0.39 is 0 Å². The maximum Gasteiger partial charge on any atom is 0.228 e. The molecule has 4 aromatic heterocycles. The van der Waals surface area contributed by atoms with Crippen LogP contribution in [0, 0.1) is 5.41 Å². The number of aromatic amines is 1. The number of hydrogen-bond donors (Lipinski definition) is 2. The topological polar surface area (TPSA) is 100 Å². The van der Waals surface area contributed by atoms with Crippen LogP contribution >= 0.6 is 0 Å². The molecule has 6 rings (SSSR count). The Hall–Kier alpha value is -3.62. The van der Waals surface area contributed by atoms with E-state index in [-0.39, 0.29) is 17.4 Å². The van der Waals surface area contributed by atoms with Crippen molar-refractivity contribution in [2.24, 2.45) is 5.41 Å². The van der Waals surface area contributed by atoms with Crippen molar-refractivity contribution in [3.8, 4) is 17.0 Å². The molecular weight excluding hydrogens is 418 g/mol. The van der Waals surface area contributed by atoms with Crippen molar-refractivity contribution in [3.05, 3.63) is 36.9 Å². The highest BCUT2D eigenvalue weighted by molar-refractivity contribution is 5.97. The Morgan fingerprint density at radius 1 is 1.24 bits per heavy atom. The molecule has 2 N–H and O–H groups in total.